The lowest BCUT2D eigenvalue weighted by Gasteiger charge is -2.45. The van der Waals surface area contributed by atoms with Crippen LogP contribution in [-0.4, -0.2) is 34.8 Å². The lowest BCUT2D eigenvalue weighted by atomic mass is 9.69. The Bertz CT molecular complexity index is 364. The SMILES string of the molecule is CC(C)O[B-](OC(C)C)(OC(C)C)c1cnn(C)c1. The maximum atomic E-state index is 6.02. The van der Waals surface area contributed by atoms with E-state index in [0.717, 1.165) is 5.46 Å². The van der Waals surface area contributed by atoms with E-state index in [0.29, 0.717) is 0 Å². The van der Waals surface area contributed by atoms with Crippen molar-refractivity contribution in [3.8, 4) is 0 Å². The number of aryl methyl sites for hydroxylation is 1. The number of nitrogens with zero attached hydrogens (tertiary/aromatic N) is 2. The van der Waals surface area contributed by atoms with Crippen molar-refractivity contribution in [3.63, 3.8) is 0 Å². The van der Waals surface area contributed by atoms with Gasteiger partial charge in [-0.25, -0.2) is 0 Å². The molecule has 0 unspecified atom stereocenters. The highest BCUT2D eigenvalue weighted by atomic mass is 16.8. The zero-order valence-electron chi connectivity index (χ0n) is 13.1. The van der Waals surface area contributed by atoms with E-state index >= 15 is 0 Å². The summed E-state index contributed by atoms with van der Waals surface area (Å²) in [6, 6.07) is 0. The fourth-order valence-electron chi connectivity index (χ4n) is 2.03. The summed E-state index contributed by atoms with van der Waals surface area (Å²) in [5, 5.41) is 4.20. The minimum atomic E-state index is -1.98. The fraction of sp³-hybridized carbons (Fsp3) is 0.769. The molecule has 0 atom stereocenters. The molecule has 0 aliphatic carbocycles. The molecule has 0 bridgehead atoms. The van der Waals surface area contributed by atoms with E-state index in [-0.39, 0.29) is 18.3 Å². The van der Waals surface area contributed by atoms with Crippen LogP contribution in [0.3, 0.4) is 0 Å². The Morgan fingerprint density at radius 3 is 1.63 bits per heavy atom. The van der Waals surface area contributed by atoms with Crippen LogP contribution in [0.25, 0.3) is 0 Å². The first-order chi connectivity index (χ1) is 8.75. The lowest BCUT2D eigenvalue weighted by molar-refractivity contribution is 0.0153. The average molecular weight is 269 g/mol. The van der Waals surface area contributed by atoms with Crippen LogP contribution in [0.15, 0.2) is 12.4 Å². The quantitative estimate of drug-likeness (QED) is 0.708. The van der Waals surface area contributed by atoms with E-state index in [1.54, 1.807) is 10.9 Å². The molecular formula is C13H26BN2O3-. The molecule has 0 radical (unpaired) electrons. The van der Waals surface area contributed by atoms with Crippen molar-refractivity contribution >= 4 is 12.2 Å². The molecule has 0 N–H and O–H groups in total. The van der Waals surface area contributed by atoms with Crippen molar-refractivity contribution in [3.05, 3.63) is 12.4 Å². The normalized spacial score (nSPS) is 12.9. The van der Waals surface area contributed by atoms with Gasteiger partial charge in [0.05, 0.1) is 0 Å². The third-order valence-corrected chi connectivity index (χ3v) is 2.49. The Kier molecular flexibility index (Phi) is 5.58. The predicted molar refractivity (Wildman–Crippen MR) is 77.3 cm³/mol. The van der Waals surface area contributed by atoms with Gasteiger partial charge in [0.15, 0.2) is 0 Å². The first-order valence-corrected chi connectivity index (χ1v) is 6.91. The second kappa shape index (κ2) is 6.54. The summed E-state index contributed by atoms with van der Waals surface area (Å²) in [4.78, 5) is 0. The molecule has 19 heavy (non-hydrogen) atoms. The maximum absolute atomic E-state index is 6.02. The van der Waals surface area contributed by atoms with Crippen LogP contribution in [0.1, 0.15) is 41.5 Å². The number of aromatic nitrogens is 2. The van der Waals surface area contributed by atoms with E-state index in [9.17, 15) is 0 Å². The molecule has 0 aliphatic rings. The summed E-state index contributed by atoms with van der Waals surface area (Å²) in [7, 11) is 1.87. The van der Waals surface area contributed by atoms with Crippen molar-refractivity contribution in [1.82, 2.24) is 9.78 Å². The van der Waals surface area contributed by atoms with Gasteiger partial charge in [-0.15, -0.1) is 0 Å². The molecule has 0 saturated heterocycles. The Labute approximate surface area is 116 Å². The topological polar surface area (TPSA) is 45.5 Å². The molecule has 1 rings (SSSR count). The molecule has 5 nitrogen and oxygen atoms in total. The van der Waals surface area contributed by atoms with Gasteiger partial charge in [0.1, 0.15) is 0 Å². The number of rotatable bonds is 7. The molecule has 0 aliphatic heterocycles. The summed E-state index contributed by atoms with van der Waals surface area (Å²) in [6.45, 7) is 9.86. The molecule has 0 spiro atoms. The molecule has 0 fully saturated rings. The van der Waals surface area contributed by atoms with Crippen LogP contribution in [-0.2, 0) is 21.0 Å². The second-order valence-electron chi connectivity index (χ2n) is 5.64. The third-order valence-electron chi connectivity index (χ3n) is 2.49. The molecule has 6 heteroatoms. The van der Waals surface area contributed by atoms with Gasteiger partial charge in [-0.05, 0) is 47.7 Å². The van der Waals surface area contributed by atoms with Gasteiger partial charge >= 0.3 is 6.75 Å². The van der Waals surface area contributed by atoms with E-state index < -0.39 is 6.75 Å². The van der Waals surface area contributed by atoms with Crippen molar-refractivity contribution in [2.45, 2.75) is 59.9 Å². The summed E-state index contributed by atoms with van der Waals surface area (Å²) in [5.74, 6) is 0. The Hall–Kier alpha value is -0.845. The highest BCUT2D eigenvalue weighted by Gasteiger charge is 2.35. The minimum absolute atomic E-state index is 0.00212. The molecular weight excluding hydrogens is 243 g/mol. The van der Waals surface area contributed by atoms with Crippen LogP contribution in [0, 0.1) is 0 Å². The van der Waals surface area contributed by atoms with Crippen LogP contribution < -0.4 is 5.46 Å². The van der Waals surface area contributed by atoms with Crippen molar-refractivity contribution in [1.29, 1.82) is 0 Å². The van der Waals surface area contributed by atoms with E-state index in [1.165, 1.54) is 0 Å². The van der Waals surface area contributed by atoms with Crippen LogP contribution >= 0.6 is 0 Å². The summed E-state index contributed by atoms with van der Waals surface area (Å²) in [6.07, 6.45) is 3.62. The van der Waals surface area contributed by atoms with Gasteiger partial charge in [-0.2, -0.15) is 5.10 Å². The second-order valence-corrected chi connectivity index (χ2v) is 5.64. The smallest absolute Gasteiger partial charge is 0.413 e. The monoisotopic (exact) mass is 269 g/mol. The van der Waals surface area contributed by atoms with E-state index in [2.05, 4.69) is 5.10 Å². The van der Waals surface area contributed by atoms with E-state index in [4.69, 9.17) is 14.0 Å². The van der Waals surface area contributed by atoms with Crippen molar-refractivity contribution in [2.75, 3.05) is 0 Å². The average Bonchev–Trinajstić information content (AvgIpc) is 2.61. The van der Waals surface area contributed by atoms with Crippen molar-refractivity contribution < 1.29 is 14.0 Å². The zero-order valence-corrected chi connectivity index (χ0v) is 13.1. The largest absolute Gasteiger partial charge is 0.538 e. The fourth-order valence-corrected chi connectivity index (χ4v) is 2.03. The minimum Gasteiger partial charge on any atom is -0.538 e. The van der Waals surface area contributed by atoms with Gasteiger partial charge in [0.25, 0.3) is 0 Å². The Morgan fingerprint density at radius 2 is 1.37 bits per heavy atom. The first kappa shape index (κ1) is 16.2. The standard InChI is InChI=1S/C13H26BN2O3/c1-10(2)17-14(18-11(3)4,19-12(5)6)13-8-15-16(7)9-13/h8-12H,1-7H3/q-1. The van der Waals surface area contributed by atoms with E-state index in [1.807, 2.05) is 54.8 Å². The predicted octanol–water partition coefficient (Wildman–Crippen LogP) is 1.84. The number of hydrogen-bond donors (Lipinski definition) is 0. The van der Waals surface area contributed by atoms with Gasteiger partial charge in [-0.3, -0.25) is 4.68 Å². The Morgan fingerprint density at radius 1 is 0.947 bits per heavy atom. The van der Waals surface area contributed by atoms with Gasteiger partial charge in [0.2, 0.25) is 0 Å². The van der Waals surface area contributed by atoms with Crippen LogP contribution in [0.5, 0.6) is 0 Å². The molecule has 0 saturated carbocycles. The Balaban J connectivity index is 3.16. The molecule has 1 aromatic rings. The van der Waals surface area contributed by atoms with Crippen LogP contribution in [0.4, 0.5) is 0 Å². The molecule has 0 amide bonds. The van der Waals surface area contributed by atoms with Gasteiger partial charge in [0, 0.05) is 31.6 Å². The first-order valence-electron chi connectivity index (χ1n) is 6.91. The van der Waals surface area contributed by atoms with Crippen molar-refractivity contribution in [2.24, 2.45) is 7.05 Å². The summed E-state index contributed by atoms with van der Waals surface area (Å²) >= 11 is 0. The molecule has 0 aromatic carbocycles. The van der Waals surface area contributed by atoms with Crippen LogP contribution in [0.2, 0.25) is 0 Å². The lowest BCUT2D eigenvalue weighted by Crippen LogP contribution is -2.59. The zero-order chi connectivity index (χ0) is 14.6. The summed E-state index contributed by atoms with van der Waals surface area (Å²) in [5.41, 5.74) is 0.832. The maximum Gasteiger partial charge on any atom is 0.413 e. The molecule has 110 valence electrons. The third kappa shape index (κ3) is 4.64. The molecule has 1 aromatic heterocycles. The van der Waals surface area contributed by atoms with Gasteiger partial charge in [-0.1, -0.05) is 5.46 Å². The highest BCUT2D eigenvalue weighted by molar-refractivity contribution is 6.75. The summed E-state index contributed by atoms with van der Waals surface area (Å²) < 4.78 is 19.8. The number of hydrogen-bond acceptors (Lipinski definition) is 4. The van der Waals surface area contributed by atoms with Gasteiger partial charge < -0.3 is 14.0 Å². The highest BCUT2D eigenvalue weighted by Crippen LogP contribution is 2.17. The molecule has 1 heterocycles.